The fourth-order valence-electron chi connectivity index (χ4n) is 1.68. The van der Waals surface area contributed by atoms with E-state index < -0.39 is 16.0 Å². The van der Waals surface area contributed by atoms with Gasteiger partial charge in [-0.25, -0.2) is 17.9 Å². The largest absolute Gasteiger partial charge is 0.496 e. The van der Waals surface area contributed by atoms with E-state index in [2.05, 4.69) is 4.72 Å². The number of furan rings is 1. The minimum atomic E-state index is -3.85. The van der Waals surface area contributed by atoms with Crippen LogP contribution in [-0.2, 0) is 16.6 Å². The van der Waals surface area contributed by atoms with Crippen molar-refractivity contribution in [2.24, 2.45) is 0 Å². The molecule has 0 amide bonds. The Hall–Kier alpha value is -2.32. The fraction of sp³-hybridized carbons (Fsp3) is 0.154. The molecule has 0 unspecified atom stereocenters. The molecule has 8 heteroatoms. The maximum Gasteiger partial charge on any atom is 0.339 e. The van der Waals surface area contributed by atoms with Gasteiger partial charge in [-0.1, -0.05) is 0 Å². The quantitative estimate of drug-likeness (QED) is 0.836. The highest BCUT2D eigenvalue weighted by molar-refractivity contribution is 7.89. The lowest BCUT2D eigenvalue weighted by Crippen LogP contribution is -2.23. The number of aromatic carboxylic acids is 1. The molecule has 0 saturated heterocycles. The van der Waals surface area contributed by atoms with Gasteiger partial charge in [-0.05, 0) is 30.3 Å². The van der Waals surface area contributed by atoms with Crippen molar-refractivity contribution < 1.29 is 27.5 Å². The molecule has 1 aromatic heterocycles. The van der Waals surface area contributed by atoms with Crippen LogP contribution in [0.4, 0.5) is 0 Å². The van der Waals surface area contributed by atoms with Gasteiger partial charge >= 0.3 is 5.97 Å². The summed E-state index contributed by atoms with van der Waals surface area (Å²) in [6, 6.07) is 6.88. The molecule has 112 valence electrons. The van der Waals surface area contributed by atoms with Crippen LogP contribution in [0.15, 0.2) is 45.9 Å². The summed E-state index contributed by atoms with van der Waals surface area (Å²) in [4.78, 5) is 10.9. The number of carboxylic acids is 1. The molecule has 0 aliphatic rings. The van der Waals surface area contributed by atoms with Gasteiger partial charge in [-0.3, -0.25) is 0 Å². The minimum Gasteiger partial charge on any atom is -0.496 e. The van der Waals surface area contributed by atoms with Crippen molar-refractivity contribution in [3.63, 3.8) is 0 Å². The van der Waals surface area contributed by atoms with Crippen molar-refractivity contribution in [2.75, 3.05) is 7.11 Å². The van der Waals surface area contributed by atoms with Crippen LogP contribution in [-0.4, -0.2) is 26.6 Å². The van der Waals surface area contributed by atoms with Crippen molar-refractivity contribution in [3.05, 3.63) is 47.9 Å². The summed E-state index contributed by atoms with van der Waals surface area (Å²) in [5.41, 5.74) is -0.224. The van der Waals surface area contributed by atoms with E-state index in [9.17, 15) is 13.2 Å². The molecular formula is C13H13NO6S. The number of hydrogen-bond donors (Lipinski definition) is 2. The van der Waals surface area contributed by atoms with Gasteiger partial charge in [0.2, 0.25) is 10.0 Å². The molecule has 0 bridgehead atoms. The predicted molar refractivity (Wildman–Crippen MR) is 72.7 cm³/mol. The topological polar surface area (TPSA) is 106 Å². The van der Waals surface area contributed by atoms with Crippen molar-refractivity contribution in [2.45, 2.75) is 11.4 Å². The van der Waals surface area contributed by atoms with Gasteiger partial charge in [0.25, 0.3) is 0 Å². The Kier molecular flexibility index (Phi) is 4.29. The van der Waals surface area contributed by atoms with Crippen molar-refractivity contribution >= 4 is 16.0 Å². The second-order valence-electron chi connectivity index (χ2n) is 4.07. The number of ether oxygens (including phenoxy) is 1. The molecule has 1 aromatic carbocycles. The Morgan fingerprint density at radius 2 is 2.14 bits per heavy atom. The Morgan fingerprint density at radius 3 is 2.71 bits per heavy atom. The van der Waals surface area contributed by atoms with E-state index in [0.29, 0.717) is 5.76 Å². The Balaban J connectivity index is 2.27. The second-order valence-corrected chi connectivity index (χ2v) is 5.84. The first kappa shape index (κ1) is 15.1. The SMILES string of the molecule is COc1ccc(S(=O)(=O)NCc2ccco2)cc1C(=O)O. The molecule has 2 aromatic rings. The van der Waals surface area contributed by atoms with Gasteiger partial charge in [0.1, 0.15) is 17.1 Å². The number of methoxy groups -OCH3 is 1. The fourth-order valence-corrected chi connectivity index (χ4v) is 2.70. The Labute approximate surface area is 121 Å². The van der Waals surface area contributed by atoms with Gasteiger partial charge in [0, 0.05) is 0 Å². The van der Waals surface area contributed by atoms with E-state index in [0.717, 1.165) is 6.07 Å². The second kappa shape index (κ2) is 5.98. The molecule has 0 fully saturated rings. The van der Waals surface area contributed by atoms with Crippen LogP contribution in [0.25, 0.3) is 0 Å². The Bertz CT molecular complexity index is 736. The van der Waals surface area contributed by atoms with E-state index in [1.165, 1.54) is 25.5 Å². The number of carboxylic acid groups (broad SMARTS) is 1. The zero-order chi connectivity index (χ0) is 15.5. The van der Waals surface area contributed by atoms with E-state index in [1.807, 2.05) is 0 Å². The third-order valence-corrected chi connectivity index (χ3v) is 4.13. The number of carbonyl (C=O) groups is 1. The summed E-state index contributed by atoms with van der Waals surface area (Å²) >= 11 is 0. The van der Waals surface area contributed by atoms with Gasteiger partial charge in [-0.15, -0.1) is 0 Å². The third-order valence-electron chi connectivity index (χ3n) is 2.73. The zero-order valence-corrected chi connectivity index (χ0v) is 11.9. The first-order valence-corrected chi connectivity index (χ1v) is 7.36. The number of nitrogens with one attached hydrogen (secondary N) is 1. The molecule has 0 saturated carbocycles. The van der Waals surface area contributed by atoms with Crippen LogP contribution in [0.3, 0.4) is 0 Å². The highest BCUT2D eigenvalue weighted by Gasteiger charge is 2.19. The molecule has 0 aliphatic heterocycles. The van der Waals surface area contributed by atoms with E-state index in [4.69, 9.17) is 14.3 Å². The summed E-state index contributed by atoms with van der Waals surface area (Å²) in [7, 11) is -2.54. The van der Waals surface area contributed by atoms with E-state index >= 15 is 0 Å². The van der Waals surface area contributed by atoms with Gasteiger partial charge in [-0.2, -0.15) is 0 Å². The minimum absolute atomic E-state index is 0.0240. The van der Waals surface area contributed by atoms with Crippen LogP contribution in [0.2, 0.25) is 0 Å². The van der Waals surface area contributed by atoms with Gasteiger partial charge < -0.3 is 14.3 Å². The summed E-state index contributed by atoms with van der Waals surface area (Å²) in [6.07, 6.45) is 1.43. The highest BCUT2D eigenvalue weighted by atomic mass is 32.2. The number of hydrogen-bond acceptors (Lipinski definition) is 5. The van der Waals surface area contributed by atoms with Gasteiger partial charge in [0.15, 0.2) is 0 Å². The van der Waals surface area contributed by atoms with E-state index in [-0.39, 0.29) is 22.8 Å². The molecule has 2 N–H and O–H groups in total. The molecule has 21 heavy (non-hydrogen) atoms. The zero-order valence-electron chi connectivity index (χ0n) is 11.1. The third kappa shape index (κ3) is 3.41. The average molecular weight is 311 g/mol. The molecule has 0 atom stereocenters. The molecule has 0 spiro atoms. The van der Waals surface area contributed by atoms with Crippen LogP contribution in [0, 0.1) is 0 Å². The van der Waals surface area contributed by atoms with Crippen molar-refractivity contribution in [3.8, 4) is 5.75 Å². The highest BCUT2D eigenvalue weighted by Crippen LogP contribution is 2.22. The normalized spacial score (nSPS) is 11.3. The number of sulfonamides is 1. The Morgan fingerprint density at radius 1 is 1.38 bits per heavy atom. The predicted octanol–water partition coefficient (Wildman–Crippen LogP) is 1.46. The summed E-state index contributed by atoms with van der Waals surface area (Å²) in [5, 5.41) is 9.06. The average Bonchev–Trinajstić information content (AvgIpc) is 2.97. The lowest BCUT2D eigenvalue weighted by Gasteiger charge is -2.09. The molecule has 7 nitrogen and oxygen atoms in total. The maximum absolute atomic E-state index is 12.1. The molecule has 0 radical (unpaired) electrons. The molecule has 0 aliphatic carbocycles. The van der Waals surface area contributed by atoms with E-state index in [1.54, 1.807) is 12.1 Å². The van der Waals surface area contributed by atoms with Crippen LogP contribution >= 0.6 is 0 Å². The van der Waals surface area contributed by atoms with Crippen molar-refractivity contribution in [1.29, 1.82) is 0 Å². The summed E-state index contributed by atoms with van der Waals surface area (Å²) in [6.45, 7) is -0.0240. The molecule has 1 heterocycles. The smallest absolute Gasteiger partial charge is 0.339 e. The monoisotopic (exact) mass is 311 g/mol. The number of rotatable bonds is 6. The maximum atomic E-state index is 12.1. The summed E-state index contributed by atoms with van der Waals surface area (Å²) in [5.74, 6) is -0.729. The van der Waals surface area contributed by atoms with Crippen LogP contribution in [0.1, 0.15) is 16.1 Å². The first-order chi connectivity index (χ1) is 9.94. The lowest BCUT2D eigenvalue weighted by atomic mass is 10.2. The summed E-state index contributed by atoms with van der Waals surface area (Å²) < 4.78 is 36.5. The van der Waals surface area contributed by atoms with Crippen LogP contribution in [0.5, 0.6) is 5.75 Å². The lowest BCUT2D eigenvalue weighted by molar-refractivity contribution is 0.0693. The standard InChI is InChI=1S/C13H13NO6S/c1-19-12-5-4-10(7-11(12)13(15)16)21(17,18)14-8-9-3-2-6-20-9/h2-7,14H,8H2,1H3,(H,15,16). The van der Waals surface area contributed by atoms with Gasteiger partial charge in [0.05, 0.1) is 24.8 Å². The molecule has 2 rings (SSSR count). The molecular weight excluding hydrogens is 298 g/mol. The first-order valence-electron chi connectivity index (χ1n) is 5.87. The van der Waals surface area contributed by atoms with Crippen LogP contribution < -0.4 is 9.46 Å². The number of benzene rings is 1. The van der Waals surface area contributed by atoms with Crippen molar-refractivity contribution in [1.82, 2.24) is 4.72 Å².